The monoisotopic (exact) mass is 288 g/mol. The van der Waals surface area contributed by atoms with Crippen LogP contribution in [-0.2, 0) is 4.79 Å². The van der Waals surface area contributed by atoms with Crippen molar-refractivity contribution in [2.45, 2.75) is 6.92 Å². The van der Waals surface area contributed by atoms with Crippen LogP contribution in [0.25, 0.3) is 0 Å². The van der Waals surface area contributed by atoms with Crippen LogP contribution in [0.1, 0.15) is 11.1 Å². The Morgan fingerprint density at radius 2 is 1.85 bits per heavy atom. The summed E-state index contributed by atoms with van der Waals surface area (Å²) in [6.07, 6.45) is 0. The van der Waals surface area contributed by atoms with Crippen LogP contribution in [0.3, 0.4) is 0 Å². The molecule has 20 heavy (non-hydrogen) atoms. The summed E-state index contributed by atoms with van der Waals surface area (Å²) in [4.78, 5) is 16.3. The molecule has 0 unspecified atom stereocenters. The van der Waals surface area contributed by atoms with E-state index >= 15 is 0 Å². The third kappa shape index (κ3) is 2.08. The van der Waals surface area contributed by atoms with Crippen LogP contribution >= 0.6 is 11.6 Å². The van der Waals surface area contributed by atoms with Crippen LogP contribution in [0.4, 0.5) is 15.8 Å². The number of nitrogens with zero attached hydrogens (tertiary/aromatic N) is 1. The van der Waals surface area contributed by atoms with E-state index in [2.05, 4.69) is 10.3 Å². The Bertz CT molecular complexity index is 738. The number of hydrogen-bond acceptors (Lipinski definition) is 2. The van der Waals surface area contributed by atoms with E-state index in [1.165, 1.54) is 24.3 Å². The first-order valence-corrected chi connectivity index (χ1v) is 6.39. The molecule has 1 aliphatic rings. The average Bonchev–Trinajstić information content (AvgIpc) is 2.75. The molecule has 0 radical (unpaired) electrons. The zero-order chi connectivity index (χ0) is 14.3. The number of carbonyl (C=O) groups excluding carboxylic acids is 1. The van der Waals surface area contributed by atoms with E-state index in [1.807, 2.05) is 13.0 Å². The minimum Gasteiger partial charge on any atom is -0.320 e. The van der Waals surface area contributed by atoms with E-state index in [0.717, 1.165) is 5.56 Å². The Morgan fingerprint density at radius 1 is 1.15 bits per heavy atom. The summed E-state index contributed by atoms with van der Waals surface area (Å²) in [6, 6.07) is 9.18. The molecule has 1 amide bonds. The predicted octanol–water partition coefficient (Wildman–Crippen LogP) is 3.86. The van der Waals surface area contributed by atoms with Crippen LogP contribution in [0, 0.1) is 12.7 Å². The molecule has 3 nitrogen and oxygen atoms in total. The second kappa shape index (κ2) is 4.72. The van der Waals surface area contributed by atoms with Crippen molar-refractivity contribution < 1.29 is 9.18 Å². The number of nitrogens with one attached hydrogen (secondary N) is 1. The van der Waals surface area contributed by atoms with Crippen molar-refractivity contribution >= 4 is 34.6 Å². The van der Waals surface area contributed by atoms with Gasteiger partial charge in [0.05, 0.1) is 16.4 Å². The molecule has 0 aromatic heterocycles. The molecule has 1 N–H and O–H groups in total. The summed E-state index contributed by atoms with van der Waals surface area (Å²) in [6.45, 7) is 1.89. The molecule has 2 aromatic rings. The van der Waals surface area contributed by atoms with E-state index < -0.39 is 0 Å². The van der Waals surface area contributed by atoms with Gasteiger partial charge in [0, 0.05) is 5.56 Å². The van der Waals surface area contributed by atoms with Gasteiger partial charge in [0.2, 0.25) is 0 Å². The van der Waals surface area contributed by atoms with Crippen molar-refractivity contribution in [2.24, 2.45) is 4.99 Å². The van der Waals surface area contributed by atoms with Gasteiger partial charge in [0.1, 0.15) is 11.5 Å². The van der Waals surface area contributed by atoms with Crippen molar-refractivity contribution in [3.8, 4) is 0 Å². The van der Waals surface area contributed by atoms with Crippen LogP contribution in [0.15, 0.2) is 41.4 Å². The minimum absolute atomic E-state index is 0.250. The fourth-order valence-corrected chi connectivity index (χ4v) is 2.36. The van der Waals surface area contributed by atoms with Crippen molar-refractivity contribution in [1.82, 2.24) is 0 Å². The van der Waals surface area contributed by atoms with Gasteiger partial charge in [-0.25, -0.2) is 9.38 Å². The number of halogens is 2. The molecular formula is C15H10ClFN2O. The van der Waals surface area contributed by atoms with Crippen LogP contribution in [0.5, 0.6) is 0 Å². The number of rotatable bonds is 1. The summed E-state index contributed by atoms with van der Waals surface area (Å²) in [7, 11) is 0. The number of benzene rings is 2. The zero-order valence-electron chi connectivity index (χ0n) is 10.6. The van der Waals surface area contributed by atoms with Crippen molar-refractivity contribution in [2.75, 3.05) is 5.32 Å². The number of carbonyl (C=O) groups is 1. The first-order valence-electron chi connectivity index (χ1n) is 6.01. The summed E-state index contributed by atoms with van der Waals surface area (Å²) < 4.78 is 12.9. The number of anilines is 1. The SMILES string of the molecule is Cc1ccc(Cl)c2c1NC(=O)C2=Nc1ccc(F)cc1. The molecule has 3 rings (SSSR count). The summed E-state index contributed by atoms with van der Waals surface area (Å²) in [5.74, 6) is -0.653. The maximum absolute atomic E-state index is 12.9. The fraction of sp³-hybridized carbons (Fsp3) is 0.0667. The highest BCUT2D eigenvalue weighted by molar-refractivity contribution is 6.57. The highest BCUT2D eigenvalue weighted by Crippen LogP contribution is 2.34. The largest absolute Gasteiger partial charge is 0.320 e. The Kier molecular flexibility index (Phi) is 3.03. The van der Waals surface area contributed by atoms with Gasteiger partial charge in [0.15, 0.2) is 0 Å². The van der Waals surface area contributed by atoms with Gasteiger partial charge in [0.25, 0.3) is 5.91 Å². The standard InChI is InChI=1S/C15H10ClFN2O/c1-8-2-7-11(16)12-13(8)19-15(20)14(12)18-10-5-3-9(17)4-6-10/h2-7H,1H3,(H,18,19,20). The molecule has 5 heteroatoms. The van der Waals surface area contributed by atoms with E-state index in [9.17, 15) is 9.18 Å². The summed E-state index contributed by atoms with van der Waals surface area (Å²) in [5.41, 5.74) is 2.95. The molecule has 0 fully saturated rings. The highest BCUT2D eigenvalue weighted by atomic mass is 35.5. The molecule has 0 spiro atoms. The lowest BCUT2D eigenvalue weighted by atomic mass is 10.1. The third-order valence-corrected chi connectivity index (χ3v) is 3.44. The summed E-state index contributed by atoms with van der Waals surface area (Å²) in [5, 5.41) is 3.22. The molecule has 1 heterocycles. The normalized spacial score (nSPS) is 15.3. The van der Waals surface area contributed by atoms with Crippen LogP contribution < -0.4 is 5.32 Å². The third-order valence-electron chi connectivity index (χ3n) is 3.12. The van der Waals surface area contributed by atoms with Gasteiger partial charge in [-0.3, -0.25) is 4.79 Å². The number of aliphatic imine (C=N–C) groups is 1. The topological polar surface area (TPSA) is 41.5 Å². The lowest BCUT2D eigenvalue weighted by molar-refractivity contribution is -0.110. The van der Waals surface area contributed by atoms with Crippen molar-refractivity contribution in [1.29, 1.82) is 0 Å². The van der Waals surface area contributed by atoms with Gasteiger partial charge >= 0.3 is 0 Å². The van der Waals surface area contributed by atoms with Crippen LogP contribution in [0.2, 0.25) is 5.02 Å². The first kappa shape index (κ1) is 12.8. The molecule has 0 aliphatic carbocycles. The Hall–Kier alpha value is -2.20. The predicted molar refractivity (Wildman–Crippen MR) is 77.4 cm³/mol. The lowest BCUT2D eigenvalue weighted by Crippen LogP contribution is -2.14. The van der Waals surface area contributed by atoms with E-state index in [4.69, 9.17) is 11.6 Å². The number of fused-ring (bicyclic) bond motifs is 1. The maximum atomic E-state index is 12.9. The van der Waals surface area contributed by atoms with E-state index in [-0.39, 0.29) is 17.4 Å². The van der Waals surface area contributed by atoms with Crippen molar-refractivity contribution in [3.05, 3.63) is 58.4 Å². The Labute approximate surface area is 120 Å². The van der Waals surface area contributed by atoms with Gasteiger partial charge < -0.3 is 5.32 Å². The van der Waals surface area contributed by atoms with Gasteiger partial charge in [-0.1, -0.05) is 17.7 Å². The quantitative estimate of drug-likeness (QED) is 0.850. The van der Waals surface area contributed by atoms with Crippen LogP contribution in [-0.4, -0.2) is 11.6 Å². The Morgan fingerprint density at radius 3 is 2.55 bits per heavy atom. The molecule has 0 bridgehead atoms. The molecular weight excluding hydrogens is 279 g/mol. The van der Waals surface area contributed by atoms with E-state index in [0.29, 0.717) is 22.0 Å². The Balaban J connectivity index is 2.15. The molecule has 0 atom stereocenters. The van der Waals surface area contributed by atoms with Gasteiger partial charge in [-0.2, -0.15) is 0 Å². The molecule has 100 valence electrons. The zero-order valence-corrected chi connectivity index (χ0v) is 11.3. The summed E-state index contributed by atoms with van der Waals surface area (Å²) >= 11 is 6.16. The van der Waals surface area contributed by atoms with E-state index in [1.54, 1.807) is 6.07 Å². The second-order valence-corrected chi connectivity index (χ2v) is 4.91. The lowest BCUT2D eigenvalue weighted by Gasteiger charge is -2.04. The second-order valence-electron chi connectivity index (χ2n) is 4.51. The molecule has 0 saturated heterocycles. The maximum Gasteiger partial charge on any atom is 0.275 e. The average molecular weight is 289 g/mol. The van der Waals surface area contributed by atoms with Crippen molar-refractivity contribution in [3.63, 3.8) is 0 Å². The van der Waals surface area contributed by atoms with Gasteiger partial charge in [-0.05, 0) is 42.8 Å². The number of hydrogen-bond donors (Lipinski definition) is 1. The smallest absolute Gasteiger partial charge is 0.275 e. The molecule has 0 saturated carbocycles. The number of aryl methyl sites for hydroxylation is 1. The number of amides is 1. The molecule has 1 aliphatic heterocycles. The highest BCUT2D eigenvalue weighted by Gasteiger charge is 2.29. The minimum atomic E-state index is -0.348. The van der Waals surface area contributed by atoms with Gasteiger partial charge in [-0.15, -0.1) is 0 Å². The molecule has 2 aromatic carbocycles. The first-order chi connectivity index (χ1) is 9.56. The fourth-order valence-electron chi connectivity index (χ4n) is 2.11.